The van der Waals surface area contributed by atoms with Crippen molar-refractivity contribution in [2.24, 2.45) is 0 Å². The van der Waals surface area contributed by atoms with Gasteiger partial charge < -0.3 is 5.11 Å². The standard InChI is InChI=1S/C13H8Cl2FIO/c14-7-1-4-12(17)10(5-7)13(18)9-6-8(16)2-3-11(9)15/h1-6,13,18H. The normalized spacial score (nSPS) is 12.5. The molecule has 0 aliphatic carbocycles. The minimum atomic E-state index is -1.00. The molecular weight excluding hydrogens is 389 g/mol. The van der Waals surface area contributed by atoms with Gasteiger partial charge in [-0.25, -0.2) is 4.39 Å². The summed E-state index contributed by atoms with van der Waals surface area (Å²) in [7, 11) is 0. The molecule has 0 radical (unpaired) electrons. The molecule has 0 amide bonds. The van der Waals surface area contributed by atoms with Gasteiger partial charge in [-0.15, -0.1) is 0 Å². The van der Waals surface area contributed by atoms with Gasteiger partial charge in [-0.05, 0) is 64.6 Å². The summed E-state index contributed by atoms with van der Waals surface area (Å²) in [6.07, 6.45) is -1.00. The number of aliphatic hydroxyl groups excluding tert-OH is 1. The largest absolute Gasteiger partial charge is 0.384 e. The summed E-state index contributed by atoms with van der Waals surface area (Å²) in [6.45, 7) is 0. The molecule has 1 unspecified atom stereocenters. The molecule has 1 nitrogen and oxygen atoms in total. The summed E-state index contributed by atoms with van der Waals surface area (Å²) in [5, 5.41) is 11.1. The Labute approximate surface area is 128 Å². The fourth-order valence-electron chi connectivity index (χ4n) is 1.62. The second-order valence-corrected chi connectivity index (χ2v) is 5.74. The third-order valence-corrected chi connectivity index (χ3v) is 4.07. The molecule has 2 aromatic carbocycles. The predicted molar refractivity (Wildman–Crippen MR) is 79.6 cm³/mol. The Morgan fingerprint density at radius 3 is 2.50 bits per heavy atom. The van der Waals surface area contributed by atoms with Crippen molar-refractivity contribution in [2.75, 3.05) is 0 Å². The van der Waals surface area contributed by atoms with E-state index in [-0.39, 0.29) is 0 Å². The molecule has 0 fully saturated rings. The second kappa shape index (κ2) is 5.74. The molecule has 1 N–H and O–H groups in total. The number of hydrogen-bond acceptors (Lipinski definition) is 1. The van der Waals surface area contributed by atoms with Crippen LogP contribution < -0.4 is 0 Å². The first-order valence-corrected chi connectivity index (χ1v) is 6.90. The van der Waals surface area contributed by atoms with E-state index in [2.05, 4.69) is 22.6 Å². The van der Waals surface area contributed by atoms with E-state index in [1.165, 1.54) is 18.2 Å². The van der Waals surface area contributed by atoms with E-state index < -0.39 is 11.9 Å². The number of halogens is 4. The number of aliphatic hydroxyl groups is 1. The highest BCUT2D eigenvalue weighted by Gasteiger charge is 2.17. The molecule has 2 aromatic rings. The summed E-state index contributed by atoms with van der Waals surface area (Å²) in [6, 6.07) is 9.06. The van der Waals surface area contributed by atoms with Crippen LogP contribution in [0.5, 0.6) is 0 Å². The van der Waals surface area contributed by atoms with Crippen LogP contribution in [0.4, 0.5) is 4.39 Å². The van der Waals surface area contributed by atoms with Crippen molar-refractivity contribution < 1.29 is 9.50 Å². The van der Waals surface area contributed by atoms with Gasteiger partial charge in [-0.3, -0.25) is 0 Å². The van der Waals surface area contributed by atoms with Crippen LogP contribution in [0.15, 0.2) is 36.4 Å². The maximum absolute atomic E-state index is 13.2. The van der Waals surface area contributed by atoms with Crippen LogP contribution in [-0.2, 0) is 0 Å². The van der Waals surface area contributed by atoms with Crippen LogP contribution in [0, 0.1) is 9.39 Å². The van der Waals surface area contributed by atoms with Crippen molar-refractivity contribution in [3.8, 4) is 0 Å². The molecule has 0 aliphatic rings. The maximum atomic E-state index is 13.2. The summed E-state index contributed by atoms with van der Waals surface area (Å²) in [4.78, 5) is 0. The highest BCUT2D eigenvalue weighted by atomic mass is 127. The lowest BCUT2D eigenvalue weighted by atomic mass is 10.0. The van der Waals surface area contributed by atoms with E-state index in [0.29, 0.717) is 21.2 Å². The monoisotopic (exact) mass is 396 g/mol. The van der Waals surface area contributed by atoms with Crippen LogP contribution >= 0.6 is 45.8 Å². The molecular formula is C13H8Cl2FIO. The lowest BCUT2D eigenvalue weighted by Gasteiger charge is -2.15. The molecule has 0 aliphatic heterocycles. The molecule has 18 heavy (non-hydrogen) atoms. The first-order valence-electron chi connectivity index (χ1n) is 5.07. The van der Waals surface area contributed by atoms with Gasteiger partial charge in [0.2, 0.25) is 0 Å². The van der Waals surface area contributed by atoms with Crippen LogP contribution in [0.3, 0.4) is 0 Å². The van der Waals surface area contributed by atoms with E-state index in [0.717, 1.165) is 3.57 Å². The lowest BCUT2D eigenvalue weighted by Crippen LogP contribution is -2.03. The van der Waals surface area contributed by atoms with Crippen molar-refractivity contribution in [3.05, 3.63) is 67.0 Å². The zero-order chi connectivity index (χ0) is 13.3. The maximum Gasteiger partial charge on any atom is 0.123 e. The van der Waals surface area contributed by atoms with Crippen molar-refractivity contribution in [1.29, 1.82) is 0 Å². The highest BCUT2D eigenvalue weighted by molar-refractivity contribution is 14.1. The third-order valence-electron chi connectivity index (χ3n) is 2.51. The van der Waals surface area contributed by atoms with E-state index in [9.17, 15) is 9.50 Å². The minimum absolute atomic E-state index is 0.319. The van der Waals surface area contributed by atoms with Gasteiger partial charge in [0.25, 0.3) is 0 Å². The zero-order valence-corrected chi connectivity index (χ0v) is 12.7. The smallest absolute Gasteiger partial charge is 0.123 e. The minimum Gasteiger partial charge on any atom is -0.384 e. The van der Waals surface area contributed by atoms with Crippen molar-refractivity contribution in [2.45, 2.75) is 6.10 Å². The van der Waals surface area contributed by atoms with Gasteiger partial charge in [0.1, 0.15) is 11.9 Å². The average Bonchev–Trinajstić information content (AvgIpc) is 2.34. The number of rotatable bonds is 2. The van der Waals surface area contributed by atoms with Gasteiger partial charge in [0.05, 0.1) is 0 Å². The molecule has 0 heterocycles. The number of hydrogen-bond donors (Lipinski definition) is 1. The number of benzene rings is 2. The SMILES string of the molecule is OC(c1cc(F)ccc1Cl)c1cc(Cl)ccc1I. The van der Waals surface area contributed by atoms with Crippen LogP contribution in [0.2, 0.25) is 10.0 Å². The van der Waals surface area contributed by atoms with Crippen molar-refractivity contribution >= 4 is 45.8 Å². The summed E-state index contributed by atoms with van der Waals surface area (Å²) in [5.74, 6) is -0.439. The Morgan fingerprint density at radius 1 is 1.06 bits per heavy atom. The molecule has 0 spiro atoms. The topological polar surface area (TPSA) is 20.2 Å². The summed E-state index contributed by atoms with van der Waals surface area (Å²) >= 11 is 14.0. The molecule has 94 valence electrons. The highest BCUT2D eigenvalue weighted by Crippen LogP contribution is 2.32. The molecule has 0 saturated heterocycles. The third kappa shape index (κ3) is 2.96. The second-order valence-electron chi connectivity index (χ2n) is 3.73. The van der Waals surface area contributed by atoms with Crippen LogP contribution in [0.25, 0.3) is 0 Å². The van der Waals surface area contributed by atoms with Gasteiger partial charge in [0, 0.05) is 19.2 Å². The molecule has 5 heteroatoms. The van der Waals surface area contributed by atoms with Gasteiger partial charge in [-0.2, -0.15) is 0 Å². The van der Waals surface area contributed by atoms with Crippen LogP contribution in [-0.4, -0.2) is 5.11 Å². The Kier molecular flexibility index (Phi) is 4.48. The molecule has 0 saturated carbocycles. The van der Waals surface area contributed by atoms with E-state index in [1.807, 2.05) is 0 Å². The molecule has 1 atom stereocenters. The molecule has 0 bridgehead atoms. The predicted octanol–water partition coefficient (Wildman–Crippen LogP) is 4.82. The summed E-state index contributed by atoms with van der Waals surface area (Å²) in [5.41, 5.74) is 0.937. The Hall–Kier alpha value is -0.360. The van der Waals surface area contributed by atoms with Gasteiger partial charge >= 0.3 is 0 Å². The van der Waals surface area contributed by atoms with Gasteiger partial charge in [0.15, 0.2) is 0 Å². The molecule has 0 aromatic heterocycles. The Bertz CT molecular complexity index is 538. The Morgan fingerprint density at radius 2 is 1.78 bits per heavy atom. The van der Waals surface area contributed by atoms with Crippen LogP contribution in [0.1, 0.15) is 17.2 Å². The fourth-order valence-corrected chi connectivity index (χ4v) is 2.65. The Balaban J connectivity index is 2.50. The summed E-state index contributed by atoms with van der Waals surface area (Å²) < 4.78 is 14.0. The van der Waals surface area contributed by atoms with Crippen molar-refractivity contribution in [1.82, 2.24) is 0 Å². The molecule has 2 rings (SSSR count). The lowest BCUT2D eigenvalue weighted by molar-refractivity contribution is 0.219. The first kappa shape index (κ1) is 14.1. The van der Waals surface area contributed by atoms with E-state index >= 15 is 0 Å². The van der Waals surface area contributed by atoms with Gasteiger partial charge in [-0.1, -0.05) is 23.2 Å². The van der Waals surface area contributed by atoms with E-state index in [4.69, 9.17) is 23.2 Å². The average molecular weight is 397 g/mol. The first-order chi connectivity index (χ1) is 8.49. The van der Waals surface area contributed by atoms with E-state index in [1.54, 1.807) is 18.2 Å². The fraction of sp³-hybridized carbons (Fsp3) is 0.0769. The van der Waals surface area contributed by atoms with Crippen molar-refractivity contribution in [3.63, 3.8) is 0 Å². The quantitative estimate of drug-likeness (QED) is 0.721. The zero-order valence-electron chi connectivity index (χ0n) is 9.00.